The van der Waals surface area contributed by atoms with E-state index in [0.717, 1.165) is 6.42 Å². The molecule has 0 saturated heterocycles. The van der Waals surface area contributed by atoms with Crippen LogP contribution in [0.25, 0.3) is 0 Å². The van der Waals surface area contributed by atoms with Gasteiger partial charge in [0.2, 0.25) is 10.0 Å². The van der Waals surface area contributed by atoms with Gasteiger partial charge in [-0.3, -0.25) is 4.79 Å². The maximum atomic E-state index is 11.9. The Bertz CT molecular complexity index is 572. The molecule has 0 fully saturated rings. The van der Waals surface area contributed by atoms with Gasteiger partial charge in [-0.2, -0.15) is 0 Å². The van der Waals surface area contributed by atoms with Crippen molar-refractivity contribution in [1.82, 2.24) is 5.32 Å². The number of amides is 1. The smallest absolute Gasteiger partial charge is 0.251 e. The van der Waals surface area contributed by atoms with E-state index in [4.69, 9.17) is 16.7 Å². The van der Waals surface area contributed by atoms with E-state index in [9.17, 15) is 13.2 Å². The minimum absolute atomic E-state index is 0.000904. The topological polar surface area (TPSA) is 89.3 Å². The second-order valence-electron chi connectivity index (χ2n) is 4.41. The first-order chi connectivity index (χ1) is 8.75. The van der Waals surface area contributed by atoms with Crippen LogP contribution in [0.4, 0.5) is 0 Å². The van der Waals surface area contributed by atoms with Crippen LogP contribution >= 0.6 is 11.6 Å². The predicted molar refractivity (Wildman–Crippen MR) is 74.6 cm³/mol. The van der Waals surface area contributed by atoms with Crippen LogP contribution in [0.1, 0.15) is 30.6 Å². The first-order valence-electron chi connectivity index (χ1n) is 5.86. The summed E-state index contributed by atoms with van der Waals surface area (Å²) >= 11 is 5.74. The molecule has 0 heterocycles. The molecule has 0 aromatic heterocycles. The highest BCUT2D eigenvalue weighted by Crippen LogP contribution is 2.21. The van der Waals surface area contributed by atoms with E-state index in [1.807, 2.05) is 13.8 Å². The number of rotatable bonds is 5. The maximum Gasteiger partial charge on any atom is 0.251 e. The number of sulfonamides is 1. The second-order valence-corrected chi connectivity index (χ2v) is 6.35. The number of nitrogens with two attached hydrogens (primary N) is 1. The van der Waals surface area contributed by atoms with Crippen LogP contribution in [0.2, 0.25) is 5.02 Å². The molecule has 0 aliphatic rings. The molecule has 1 rings (SSSR count). The fourth-order valence-electron chi connectivity index (χ4n) is 1.38. The lowest BCUT2D eigenvalue weighted by Crippen LogP contribution is -2.28. The van der Waals surface area contributed by atoms with E-state index < -0.39 is 10.0 Å². The molecule has 0 aliphatic heterocycles. The third-order valence-electron chi connectivity index (χ3n) is 2.81. The summed E-state index contributed by atoms with van der Waals surface area (Å²) in [4.78, 5) is 11.6. The van der Waals surface area contributed by atoms with Crippen molar-refractivity contribution in [3.63, 3.8) is 0 Å². The number of benzene rings is 1. The molecule has 1 atom stereocenters. The summed E-state index contributed by atoms with van der Waals surface area (Å²) in [6, 6.07) is 3.99. The first-order valence-corrected chi connectivity index (χ1v) is 7.78. The molecule has 1 amide bonds. The van der Waals surface area contributed by atoms with Gasteiger partial charge >= 0.3 is 0 Å². The normalized spacial score (nSPS) is 13.1. The first kappa shape index (κ1) is 15.9. The summed E-state index contributed by atoms with van der Waals surface area (Å²) in [5, 5.41) is 7.76. The Morgan fingerprint density at radius 1 is 1.47 bits per heavy atom. The van der Waals surface area contributed by atoms with Crippen LogP contribution in [0.3, 0.4) is 0 Å². The quantitative estimate of drug-likeness (QED) is 0.868. The Balaban J connectivity index is 2.94. The van der Waals surface area contributed by atoms with E-state index in [2.05, 4.69) is 5.32 Å². The molecular weight excluding hydrogens is 288 g/mol. The van der Waals surface area contributed by atoms with Gasteiger partial charge in [-0.15, -0.1) is 0 Å². The highest BCUT2D eigenvalue weighted by molar-refractivity contribution is 7.89. The zero-order chi connectivity index (χ0) is 14.6. The minimum atomic E-state index is -3.94. The van der Waals surface area contributed by atoms with E-state index in [1.165, 1.54) is 18.2 Å². The summed E-state index contributed by atoms with van der Waals surface area (Å²) in [6.07, 6.45) is 0.948. The summed E-state index contributed by atoms with van der Waals surface area (Å²) in [5.41, 5.74) is 0.219. The lowest BCUT2D eigenvalue weighted by Gasteiger charge is -2.11. The summed E-state index contributed by atoms with van der Waals surface area (Å²) in [7, 11) is -3.94. The lowest BCUT2D eigenvalue weighted by atomic mass is 10.1. The molecule has 0 radical (unpaired) electrons. The van der Waals surface area contributed by atoms with Gasteiger partial charge in [-0.25, -0.2) is 13.6 Å². The molecule has 0 bridgehead atoms. The van der Waals surface area contributed by atoms with Gasteiger partial charge < -0.3 is 5.32 Å². The van der Waals surface area contributed by atoms with Crippen LogP contribution in [0, 0.1) is 5.92 Å². The summed E-state index contributed by atoms with van der Waals surface area (Å²) in [6.45, 7) is 4.57. The second kappa shape index (κ2) is 6.36. The molecule has 0 aliphatic carbocycles. The van der Waals surface area contributed by atoms with Crippen molar-refractivity contribution in [3.05, 3.63) is 28.8 Å². The third-order valence-corrected chi connectivity index (χ3v) is 4.20. The van der Waals surface area contributed by atoms with E-state index in [-0.39, 0.29) is 21.4 Å². The zero-order valence-electron chi connectivity index (χ0n) is 10.8. The number of hydrogen-bond acceptors (Lipinski definition) is 3. The fourth-order valence-corrected chi connectivity index (χ4v) is 2.45. The van der Waals surface area contributed by atoms with Crippen molar-refractivity contribution >= 4 is 27.5 Å². The van der Waals surface area contributed by atoms with Gasteiger partial charge in [0, 0.05) is 12.1 Å². The van der Waals surface area contributed by atoms with Gasteiger partial charge in [0.15, 0.2) is 0 Å². The van der Waals surface area contributed by atoms with Crippen LogP contribution in [-0.4, -0.2) is 20.9 Å². The molecule has 106 valence electrons. The summed E-state index contributed by atoms with van der Waals surface area (Å²) in [5.74, 6) is 0.0100. The van der Waals surface area contributed by atoms with Crippen LogP contribution in [-0.2, 0) is 10.0 Å². The Hall–Kier alpha value is -1.11. The van der Waals surface area contributed by atoms with Crippen LogP contribution in [0.5, 0.6) is 0 Å². The Labute approximate surface area is 118 Å². The van der Waals surface area contributed by atoms with Gasteiger partial charge in [0.1, 0.15) is 4.90 Å². The SMILES string of the molecule is CCC(C)CNC(=O)c1ccc(Cl)c(S(N)(=O)=O)c1. The van der Waals surface area contributed by atoms with Crippen molar-refractivity contribution in [2.45, 2.75) is 25.2 Å². The van der Waals surface area contributed by atoms with Crippen molar-refractivity contribution in [2.24, 2.45) is 11.1 Å². The summed E-state index contributed by atoms with van der Waals surface area (Å²) < 4.78 is 22.6. The van der Waals surface area contributed by atoms with Crippen molar-refractivity contribution in [2.75, 3.05) is 6.54 Å². The monoisotopic (exact) mass is 304 g/mol. The van der Waals surface area contributed by atoms with Gasteiger partial charge in [-0.05, 0) is 24.1 Å². The van der Waals surface area contributed by atoms with Crippen LogP contribution < -0.4 is 10.5 Å². The Kier molecular flexibility index (Phi) is 5.34. The van der Waals surface area contributed by atoms with Gasteiger partial charge in [0.25, 0.3) is 5.91 Å². The van der Waals surface area contributed by atoms with Crippen molar-refractivity contribution in [1.29, 1.82) is 0 Å². The third kappa shape index (κ3) is 4.49. The number of carbonyl (C=O) groups is 1. The van der Waals surface area contributed by atoms with Gasteiger partial charge in [0.05, 0.1) is 5.02 Å². The predicted octanol–water partition coefficient (Wildman–Crippen LogP) is 1.76. The fraction of sp³-hybridized carbons (Fsp3) is 0.417. The lowest BCUT2D eigenvalue weighted by molar-refractivity contribution is 0.0947. The number of hydrogen-bond donors (Lipinski definition) is 2. The molecule has 1 unspecified atom stereocenters. The van der Waals surface area contributed by atoms with Crippen molar-refractivity contribution in [3.8, 4) is 0 Å². The molecule has 0 saturated carbocycles. The number of carbonyl (C=O) groups excluding carboxylic acids is 1. The number of primary sulfonamides is 1. The number of halogens is 1. The average Bonchev–Trinajstić information content (AvgIpc) is 2.34. The largest absolute Gasteiger partial charge is 0.352 e. The molecule has 19 heavy (non-hydrogen) atoms. The van der Waals surface area contributed by atoms with Crippen molar-refractivity contribution < 1.29 is 13.2 Å². The Morgan fingerprint density at radius 3 is 2.63 bits per heavy atom. The highest BCUT2D eigenvalue weighted by atomic mass is 35.5. The molecule has 3 N–H and O–H groups in total. The van der Waals surface area contributed by atoms with E-state index in [0.29, 0.717) is 12.5 Å². The molecule has 0 spiro atoms. The molecule has 5 nitrogen and oxygen atoms in total. The maximum absolute atomic E-state index is 11.9. The standard InChI is InChI=1S/C12H17ClN2O3S/c1-3-8(2)7-15-12(16)9-4-5-10(13)11(6-9)19(14,17)18/h4-6,8H,3,7H2,1-2H3,(H,15,16)(H2,14,17,18). The zero-order valence-corrected chi connectivity index (χ0v) is 12.4. The molecule has 1 aromatic rings. The molecule has 7 heteroatoms. The number of nitrogens with one attached hydrogen (secondary N) is 1. The van der Waals surface area contributed by atoms with E-state index in [1.54, 1.807) is 0 Å². The highest BCUT2D eigenvalue weighted by Gasteiger charge is 2.16. The average molecular weight is 305 g/mol. The Morgan fingerprint density at radius 2 is 2.11 bits per heavy atom. The molecule has 1 aromatic carbocycles. The molecular formula is C12H17ClN2O3S. The van der Waals surface area contributed by atoms with Gasteiger partial charge in [-0.1, -0.05) is 31.9 Å². The van der Waals surface area contributed by atoms with E-state index >= 15 is 0 Å². The van der Waals surface area contributed by atoms with Crippen LogP contribution in [0.15, 0.2) is 23.1 Å². The minimum Gasteiger partial charge on any atom is -0.352 e.